The fraction of sp³-hybridized carbons (Fsp3) is 0.417. The van der Waals surface area contributed by atoms with Crippen molar-refractivity contribution in [2.24, 2.45) is 5.73 Å². The van der Waals surface area contributed by atoms with Crippen LogP contribution in [0.1, 0.15) is 24.9 Å². The lowest BCUT2D eigenvalue weighted by atomic mass is 10.0. The van der Waals surface area contributed by atoms with Crippen LogP contribution in [-0.4, -0.2) is 19.7 Å². The van der Waals surface area contributed by atoms with Gasteiger partial charge in [0.1, 0.15) is 0 Å². The zero-order valence-electron chi connectivity index (χ0n) is 9.90. The first-order chi connectivity index (χ1) is 8.10. The van der Waals surface area contributed by atoms with E-state index in [1.807, 2.05) is 0 Å². The lowest BCUT2D eigenvalue weighted by molar-refractivity contribution is -0.143. The average molecular weight is 241 g/mol. The van der Waals surface area contributed by atoms with E-state index in [1.54, 1.807) is 13.0 Å². The second kappa shape index (κ2) is 6.20. The summed E-state index contributed by atoms with van der Waals surface area (Å²) in [6.07, 6.45) is -0.0576. The molecule has 0 amide bonds. The van der Waals surface area contributed by atoms with Gasteiger partial charge in [-0.05, 0) is 13.0 Å². The Hall–Kier alpha value is -1.62. The molecule has 17 heavy (non-hydrogen) atoms. The van der Waals surface area contributed by atoms with Crippen molar-refractivity contribution in [3.05, 3.63) is 29.6 Å². The summed E-state index contributed by atoms with van der Waals surface area (Å²) in [6, 6.07) is 3.92. The largest absolute Gasteiger partial charge is 0.494 e. The number of methoxy groups -OCH3 is 1. The molecule has 1 aromatic carbocycles. The quantitative estimate of drug-likeness (QED) is 0.798. The molecule has 0 spiro atoms. The van der Waals surface area contributed by atoms with Crippen molar-refractivity contribution in [3.8, 4) is 5.75 Å². The number of halogens is 1. The van der Waals surface area contributed by atoms with Crippen molar-refractivity contribution in [2.45, 2.75) is 19.4 Å². The maximum absolute atomic E-state index is 13.8. The monoisotopic (exact) mass is 241 g/mol. The maximum Gasteiger partial charge on any atom is 0.307 e. The molecule has 0 radical (unpaired) electrons. The van der Waals surface area contributed by atoms with Gasteiger partial charge in [-0.15, -0.1) is 0 Å². The maximum atomic E-state index is 13.8. The number of nitrogens with two attached hydrogens (primary N) is 1. The van der Waals surface area contributed by atoms with E-state index in [0.29, 0.717) is 0 Å². The predicted molar refractivity (Wildman–Crippen MR) is 61.1 cm³/mol. The van der Waals surface area contributed by atoms with Gasteiger partial charge < -0.3 is 15.2 Å². The number of esters is 1. The zero-order valence-corrected chi connectivity index (χ0v) is 9.90. The predicted octanol–water partition coefficient (Wildman–Crippen LogP) is 1.79. The Labute approximate surface area is 99.5 Å². The topological polar surface area (TPSA) is 61.5 Å². The van der Waals surface area contributed by atoms with E-state index in [2.05, 4.69) is 0 Å². The molecule has 1 atom stereocenters. The van der Waals surface area contributed by atoms with Crippen LogP contribution < -0.4 is 10.5 Å². The molecule has 2 N–H and O–H groups in total. The molecule has 0 aromatic heterocycles. The lowest BCUT2D eigenvalue weighted by Crippen LogP contribution is -2.18. The minimum Gasteiger partial charge on any atom is -0.494 e. The third kappa shape index (κ3) is 3.42. The van der Waals surface area contributed by atoms with Crippen molar-refractivity contribution >= 4 is 5.97 Å². The van der Waals surface area contributed by atoms with E-state index < -0.39 is 17.8 Å². The number of benzene rings is 1. The highest BCUT2D eigenvalue weighted by Crippen LogP contribution is 2.25. The van der Waals surface area contributed by atoms with Gasteiger partial charge in [-0.25, -0.2) is 4.39 Å². The van der Waals surface area contributed by atoms with E-state index >= 15 is 0 Å². The molecule has 0 aliphatic rings. The second-order valence-electron chi connectivity index (χ2n) is 3.48. The van der Waals surface area contributed by atoms with E-state index in [9.17, 15) is 9.18 Å². The van der Waals surface area contributed by atoms with Gasteiger partial charge in [-0.1, -0.05) is 12.1 Å². The molecule has 0 saturated heterocycles. The highest BCUT2D eigenvalue weighted by atomic mass is 19.1. The molecular formula is C12H16FNO3. The highest BCUT2D eigenvalue weighted by Gasteiger charge is 2.18. The summed E-state index contributed by atoms with van der Waals surface area (Å²) in [7, 11) is 1.37. The van der Waals surface area contributed by atoms with Crippen LogP contribution in [-0.2, 0) is 9.53 Å². The summed E-state index contributed by atoms with van der Waals surface area (Å²) in [5.74, 6) is -0.865. The summed E-state index contributed by atoms with van der Waals surface area (Å²) in [5, 5.41) is 0. The Kier molecular flexibility index (Phi) is 4.90. The van der Waals surface area contributed by atoms with Crippen LogP contribution in [0.25, 0.3) is 0 Å². The molecule has 0 bridgehead atoms. The molecule has 1 aromatic rings. The Balaban J connectivity index is 2.81. The van der Waals surface area contributed by atoms with Gasteiger partial charge in [0, 0.05) is 11.6 Å². The molecule has 0 unspecified atom stereocenters. The second-order valence-corrected chi connectivity index (χ2v) is 3.48. The third-order valence-corrected chi connectivity index (χ3v) is 2.30. The van der Waals surface area contributed by atoms with Crippen LogP contribution in [0.4, 0.5) is 4.39 Å². The Bertz CT molecular complexity index is 395. The van der Waals surface area contributed by atoms with Crippen LogP contribution >= 0.6 is 0 Å². The van der Waals surface area contributed by atoms with Gasteiger partial charge in [0.15, 0.2) is 11.6 Å². The number of carbonyl (C=O) groups excluding carboxylic acids is 1. The van der Waals surface area contributed by atoms with Gasteiger partial charge in [-0.2, -0.15) is 0 Å². The summed E-state index contributed by atoms with van der Waals surface area (Å²) >= 11 is 0. The first kappa shape index (κ1) is 13.4. The highest BCUT2D eigenvalue weighted by molar-refractivity contribution is 5.70. The number of hydrogen-bond acceptors (Lipinski definition) is 4. The van der Waals surface area contributed by atoms with Crippen molar-refractivity contribution in [2.75, 3.05) is 13.7 Å². The number of ether oxygens (including phenoxy) is 2. The van der Waals surface area contributed by atoms with Crippen LogP contribution in [0.15, 0.2) is 18.2 Å². The summed E-state index contributed by atoms with van der Waals surface area (Å²) in [5.41, 5.74) is 6.00. The van der Waals surface area contributed by atoms with E-state index in [4.69, 9.17) is 15.2 Å². The smallest absolute Gasteiger partial charge is 0.307 e. The van der Waals surface area contributed by atoms with Crippen LogP contribution in [0, 0.1) is 5.82 Å². The minimum atomic E-state index is -0.732. The molecule has 0 fully saturated rings. The lowest BCUT2D eigenvalue weighted by Gasteiger charge is -2.13. The van der Waals surface area contributed by atoms with Crippen molar-refractivity contribution < 1.29 is 18.7 Å². The number of rotatable bonds is 5. The first-order valence-electron chi connectivity index (χ1n) is 5.33. The van der Waals surface area contributed by atoms with E-state index in [1.165, 1.54) is 19.2 Å². The Morgan fingerprint density at radius 1 is 1.53 bits per heavy atom. The van der Waals surface area contributed by atoms with Gasteiger partial charge in [-0.3, -0.25) is 4.79 Å². The standard InChI is InChI=1S/C12H16FNO3/c1-3-17-11(15)7-9(14)8-5-4-6-10(16-2)12(8)13/h4-6,9H,3,7,14H2,1-2H3/t9-/m1/s1. The summed E-state index contributed by atoms with van der Waals surface area (Å²) < 4.78 is 23.4. The van der Waals surface area contributed by atoms with Crippen LogP contribution in [0.2, 0.25) is 0 Å². The average Bonchev–Trinajstić information content (AvgIpc) is 2.29. The molecule has 94 valence electrons. The fourth-order valence-corrected chi connectivity index (χ4v) is 1.48. The van der Waals surface area contributed by atoms with Crippen molar-refractivity contribution in [1.82, 2.24) is 0 Å². The molecule has 1 rings (SSSR count). The number of hydrogen-bond donors (Lipinski definition) is 1. The summed E-state index contributed by atoms with van der Waals surface area (Å²) in [4.78, 5) is 11.2. The molecule has 5 heteroatoms. The normalized spacial score (nSPS) is 12.0. The molecule has 0 heterocycles. The Morgan fingerprint density at radius 3 is 2.82 bits per heavy atom. The minimum absolute atomic E-state index is 0.0576. The van der Waals surface area contributed by atoms with Gasteiger partial charge in [0.2, 0.25) is 0 Å². The first-order valence-corrected chi connectivity index (χ1v) is 5.33. The number of carbonyl (C=O) groups is 1. The van der Waals surface area contributed by atoms with Gasteiger partial charge in [0.05, 0.1) is 20.1 Å². The molecule has 0 aliphatic heterocycles. The molecule has 4 nitrogen and oxygen atoms in total. The van der Waals surface area contributed by atoms with Crippen molar-refractivity contribution in [1.29, 1.82) is 0 Å². The molecule has 0 saturated carbocycles. The Morgan fingerprint density at radius 2 is 2.24 bits per heavy atom. The SMILES string of the molecule is CCOC(=O)C[C@@H](N)c1cccc(OC)c1F. The third-order valence-electron chi connectivity index (χ3n) is 2.30. The van der Waals surface area contributed by atoms with Gasteiger partial charge in [0.25, 0.3) is 0 Å². The van der Waals surface area contributed by atoms with Crippen LogP contribution in [0.5, 0.6) is 5.75 Å². The van der Waals surface area contributed by atoms with Crippen molar-refractivity contribution in [3.63, 3.8) is 0 Å². The van der Waals surface area contributed by atoms with Gasteiger partial charge >= 0.3 is 5.97 Å². The van der Waals surface area contributed by atoms with Crippen LogP contribution in [0.3, 0.4) is 0 Å². The fourth-order valence-electron chi connectivity index (χ4n) is 1.48. The molecular weight excluding hydrogens is 225 g/mol. The molecule has 0 aliphatic carbocycles. The van der Waals surface area contributed by atoms with E-state index in [-0.39, 0.29) is 24.3 Å². The zero-order chi connectivity index (χ0) is 12.8. The van der Waals surface area contributed by atoms with E-state index in [0.717, 1.165) is 0 Å². The summed E-state index contributed by atoms with van der Waals surface area (Å²) in [6.45, 7) is 1.99.